The Labute approximate surface area is 164 Å². The van der Waals surface area contributed by atoms with E-state index in [-0.39, 0.29) is 10.6 Å². The van der Waals surface area contributed by atoms with Crippen molar-refractivity contribution in [2.24, 2.45) is 0 Å². The van der Waals surface area contributed by atoms with E-state index in [1.165, 1.54) is 41.3 Å². The van der Waals surface area contributed by atoms with Gasteiger partial charge in [0.2, 0.25) is 5.13 Å². The number of halogens is 3. The lowest BCUT2D eigenvalue weighted by molar-refractivity contribution is 0.102. The largest absolute Gasteiger partial charge is 0.296 e. The Bertz CT molecular complexity index is 884. The summed E-state index contributed by atoms with van der Waals surface area (Å²) in [6.45, 7) is 0. The van der Waals surface area contributed by atoms with Crippen LogP contribution in [0.25, 0.3) is 0 Å². The van der Waals surface area contributed by atoms with Gasteiger partial charge in [-0.25, -0.2) is 4.39 Å². The molecule has 0 aliphatic rings. The van der Waals surface area contributed by atoms with Crippen LogP contribution >= 0.6 is 50.6 Å². The van der Waals surface area contributed by atoms with Crippen LogP contribution in [0.4, 0.5) is 9.52 Å². The maximum Gasteiger partial charge on any atom is 0.261 e. The molecule has 0 aliphatic carbocycles. The van der Waals surface area contributed by atoms with Gasteiger partial charge in [-0.3, -0.25) is 10.1 Å². The topological polar surface area (TPSA) is 54.9 Å². The number of aromatic nitrogens is 2. The number of rotatable bonds is 5. The second-order valence-corrected chi connectivity index (χ2v) is 8.36. The highest BCUT2D eigenvalue weighted by Crippen LogP contribution is 2.29. The number of benzene rings is 2. The number of hydrogen-bond acceptors (Lipinski definition) is 5. The average Bonchev–Trinajstić information content (AvgIpc) is 3.01. The van der Waals surface area contributed by atoms with Gasteiger partial charge < -0.3 is 0 Å². The number of nitrogens with zero attached hydrogens (tertiary/aromatic N) is 2. The molecule has 3 aromatic rings. The summed E-state index contributed by atoms with van der Waals surface area (Å²) in [5.41, 5.74) is 0.940. The van der Waals surface area contributed by atoms with Crippen molar-refractivity contribution >= 4 is 61.7 Å². The van der Waals surface area contributed by atoms with Crippen LogP contribution in [-0.2, 0) is 5.75 Å². The van der Waals surface area contributed by atoms with Gasteiger partial charge in [-0.1, -0.05) is 68.8 Å². The minimum absolute atomic E-state index is 0.0480. The zero-order valence-electron chi connectivity index (χ0n) is 12.5. The maximum atomic E-state index is 13.8. The van der Waals surface area contributed by atoms with Gasteiger partial charge in [0.05, 0.1) is 10.6 Å². The van der Waals surface area contributed by atoms with Gasteiger partial charge in [0.1, 0.15) is 5.82 Å². The normalized spacial score (nSPS) is 10.7. The lowest BCUT2D eigenvalue weighted by Gasteiger charge is -2.04. The minimum Gasteiger partial charge on any atom is -0.296 e. The third-order valence-corrected chi connectivity index (χ3v) is 5.98. The van der Waals surface area contributed by atoms with E-state index in [9.17, 15) is 9.18 Å². The predicted molar refractivity (Wildman–Crippen MR) is 103 cm³/mol. The molecule has 0 atom stereocenters. The lowest BCUT2D eigenvalue weighted by atomic mass is 10.2. The Balaban J connectivity index is 1.63. The first kappa shape index (κ1) is 18.3. The molecule has 0 spiro atoms. The van der Waals surface area contributed by atoms with E-state index in [2.05, 4.69) is 31.4 Å². The number of anilines is 1. The van der Waals surface area contributed by atoms with Crippen LogP contribution in [0.1, 0.15) is 15.9 Å². The quantitative estimate of drug-likeness (QED) is 0.397. The molecule has 0 saturated heterocycles. The predicted octanol–water partition coefficient (Wildman–Crippen LogP) is 5.64. The number of hydrogen-bond donors (Lipinski definition) is 1. The monoisotopic (exact) mass is 457 g/mol. The molecule has 0 fully saturated rings. The van der Waals surface area contributed by atoms with Crippen LogP contribution in [0.3, 0.4) is 0 Å². The first-order valence-corrected chi connectivity index (χ1v) is 9.96. The van der Waals surface area contributed by atoms with Crippen molar-refractivity contribution in [3.8, 4) is 0 Å². The molecule has 9 heteroatoms. The molecule has 3 rings (SSSR count). The van der Waals surface area contributed by atoms with Crippen LogP contribution in [0.2, 0.25) is 5.02 Å². The first-order valence-electron chi connectivity index (χ1n) is 6.99. The molecule has 1 heterocycles. The van der Waals surface area contributed by atoms with Crippen molar-refractivity contribution in [1.82, 2.24) is 10.2 Å². The molecule has 1 amide bonds. The summed E-state index contributed by atoms with van der Waals surface area (Å²) in [6.07, 6.45) is 0. The van der Waals surface area contributed by atoms with Gasteiger partial charge in [0, 0.05) is 10.2 Å². The van der Waals surface area contributed by atoms with Crippen molar-refractivity contribution in [2.45, 2.75) is 10.1 Å². The molecule has 0 aliphatic heterocycles. The fourth-order valence-electron chi connectivity index (χ4n) is 1.92. The number of amides is 1. The molecular formula is C16H10BrClFN3OS2. The number of carbonyl (C=O) groups excluding carboxylic acids is 1. The second-order valence-electron chi connectivity index (χ2n) is 4.84. The van der Waals surface area contributed by atoms with Gasteiger partial charge in [0.25, 0.3) is 5.91 Å². The summed E-state index contributed by atoms with van der Waals surface area (Å²) in [5, 5.41) is 10.8. The maximum absolute atomic E-state index is 13.8. The molecule has 0 unspecified atom stereocenters. The standard InChI is InChI=1S/C16H10BrClFN3OS2/c17-10-6-4-9(5-7-10)8-24-16-22-21-15(25-16)20-14(23)13-11(18)2-1-3-12(13)19/h1-7H,8H2,(H,20,21,23). The van der Waals surface area contributed by atoms with E-state index in [0.29, 0.717) is 9.47 Å². The fourth-order valence-corrected chi connectivity index (χ4v) is 4.13. The Hall–Kier alpha value is -1.48. The molecule has 1 N–H and O–H groups in total. The summed E-state index contributed by atoms with van der Waals surface area (Å²) < 4.78 is 15.5. The Morgan fingerprint density at radius 2 is 2.00 bits per heavy atom. The highest BCUT2D eigenvalue weighted by Gasteiger charge is 2.17. The van der Waals surface area contributed by atoms with Crippen LogP contribution in [0, 0.1) is 5.82 Å². The van der Waals surface area contributed by atoms with E-state index in [4.69, 9.17) is 11.6 Å². The summed E-state index contributed by atoms with van der Waals surface area (Å²) in [6, 6.07) is 12.1. The van der Waals surface area contributed by atoms with Gasteiger partial charge in [-0.05, 0) is 29.8 Å². The SMILES string of the molecule is O=C(Nc1nnc(SCc2ccc(Br)cc2)s1)c1c(F)cccc1Cl. The molecule has 25 heavy (non-hydrogen) atoms. The van der Waals surface area contributed by atoms with Gasteiger partial charge in [0.15, 0.2) is 4.34 Å². The number of carbonyl (C=O) groups is 1. The minimum atomic E-state index is -0.681. The highest BCUT2D eigenvalue weighted by molar-refractivity contribution is 9.10. The summed E-state index contributed by atoms with van der Waals surface area (Å²) >= 11 is 12.0. The average molecular weight is 459 g/mol. The fraction of sp³-hybridized carbons (Fsp3) is 0.0625. The van der Waals surface area contributed by atoms with E-state index in [1.807, 2.05) is 24.3 Å². The van der Waals surface area contributed by atoms with Crippen molar-refractivity contribution in [2.75, 3.05) is 5.32 Å². The Morgan fingerprint density at radius 3 is 2.72 bits per heavy atom. The highest BCUT2D eigenvalue weighted by atomic mass is 79.9. The smallest absolute Gasteiger partial charge is 0.261 e. The van der Waals surface area contributed by atoms with E-state index in [0.717, 1.165) is 15.8 Å². The van der Waals surface area contributed by atoms with Gasteiger partial charge in [-0.15, -0.1) is 10.2 Å². The first-order chi connectivity index (χ1) is 12.0. The van der Waals surface area contributed by atoms with Crippen LogP contribution in [0.5, 0.6) is 0 Å². The summed E-state index contributed by atoms with van der Waals surface area (Å²) in [4.78, 5) is 12.2. The molecule has 0 radical (unpaired) electrons. The number of nitrogens with one attached hydrogen (secondary N) is 1. The second kappa shape index (κ2) is 8.27. The zero-order valence-corrected chi connectivity index (χ0v) is 16.5. The van der Waals surface area contributed by atoms with Crippen molar-refractivity contribution < 1.29 is 9.18 Å². The molecule has 0 bridgehead atoms. The van der Waals surface area contributed by atoms with Crippen molar-refractivity contribution in [1.29, 1.82) is 0 Å². The van der Waals surface area contributed by atoms with E-state index in [1.54, 1.807) is 0 Å². The van der Waals surface area contributed by atoms with Crippen molar-refractivity contribution in [3.63, 3.8) is 0 Å². The third-order valence-electron chi connectivity index (χ3n) is 3.09. The van der Waals surface area contributed by atoms with Crippen LogP contribution in [0.15, 0.2) is 51.3 Å². The van der Waals surface area contributed by atoms with Crippen molar-refractivity contribution in [3.05, 3.63) is 68.9 Å². The zero-order chi connectivity index (χ0) is 17.8. The van der Waals surface area contributed by atoms with Crippen LogP contribution in [-0.4, -0.2) is 16.1 Å². The summed E-state index contributed by atoms with van der Waals surface area (Å²) in [5.74, 6) is -0.599. The summed E-state index contributed by atoms with van der Waals surface area (Å²) in [7, 11) is 0. The molecule has 128 valence electrons. The Morgan fingerprint density at radius 1 is 1.24 bits per heavy atom. The molecule has 4 nitrogen and oxygen atoms in total. The molecule has 1 aromatic heterocycles. The van der Waals surface area contributed by atoms with E-state index >= 15 is 0 Å². The Kier molecular flexibility index (Phi) is 6.06. The molecular weight excluding hydrogens is 449 g/mol. The third kappa shape index (κ3) is 4.78. The number of thioether (sulfide) groups is 1. The van der Waals surface area contributed by atoms with Crippen LogP contribution < -0.4 is 5.32 Å². The van der Waals surface area contributed by atoms with Gasteiger partial charge in [-0.2, -0.15) is 0 Å². The van der Waals surface area contributed by atoms with Gasteiger partial charge >= 0.3 is 0 Å². The molecule has 0 saturated carbocycles. The molecule has 2 aromatic carbocycles. The van der Waals surface area contributed by atoms with E-state index < -0.39 is 11.7 Å². The lowest BCUT2D eigenvalue weighted by Crippen LogP contribution is -2.14.